The predicted octanol–water partition coefficient (Wildman–Crippen LogP) is 4.97. The van der Waals surface area contributed by atoms with Gasteiger partial charge in [-0.05, 0) is 23.0 Å². The largest absolute Gasteiger partial charge is 0.289 e. The Labute approximate surface area is 127 Å². The van der Waals surface area contributed by atoms with Gasteiger partial charge in [-0.3, -0.25) is 4.79 Å². The van der Waals surface area contributed by atoms with Crippen LogP contribution in [0.15, 0.2) is 48.5 Å². The molecule has 1 aliphatic rings. The van der Waals surface area contributed by atoms with Gasteiger partial charge in [0.1, 0.15) is 0 Å². The van der Waals surface area contributed by atoms with Crippen LogP contribution in [-0.2, 0) is 5.41 Å². The van der Waals surface area contributed by atoms with Crippen LogP contribution >= 0.6 is 0 Å². The Hall–Kier alpha value is -1.89. The van der Waals surface area contributed by atoms with Crippen LogP contribution in [0.1, 0.15) is 61.2 Å². The van der Waals surface area contributed by atoms with E-state index in [2.05, 4.69) is 52.0 Å². The van der Waals surface area contributed by atoms with Gasteiger partial charge in [-0.1, -0.05) is 76.2 Å². The first-order chi connectivity index (χ1) is 9.93. The van der Waals surface area contributed by atoms with Crippen molar-refractivity contribution >= 4 is 5.78 Å². The molecule has 2 aromatic carbocycles. The molecule has 108 valence electrons. The lowest BCUT2D eigenvalue weighted by molar-refractivity contribution is 0.101. The van der Waals surface area contributed by atoms with Gasteiger partial charge in [-0.2, -0.15) is 0 Å². The van der Waals surface area contributed by atoms with Crippen molar-refractivity contribution in [2.24, 2.45) is 5.41 Å². The third kappa shape index (κ3) is 1.73. The molecule has 0 unspecified atom stereocenters. The number of carbonyl (C=O) groups excluding carboxylic acids is 1. The number of benzene rings is 2. The molecule has 21 heavy (non-hydrogen) atoms. The molecule has 0 aromatic heterocycles. The summed E-state index contributed by atoms with van der Waals surface area (Å²) in [6.07, 6.45) is 0.984. The molecule has 0 N–H and O–H groups in total. The van der Waals surface area contributed by atoms with Crippen LogP contribution in [0.3, 0.4) is 0 Å². The molecule has 0 aliphatic heterocycles. The van der Waals surface area contributed by atoms with Crippen LogP contribution in [0.5, 0.6) is 0 Å². The number of carbonyl (C=O) groups is 1. The van der Waals surface area contributed by atoms with Crippen LogP contribution in [0, 0.1) is 5.41 Å². The Bertz CT molecular complexity index is 654. The van der Waals surface area contributed by atoms with Gasteiger partial charge in [0.15, 0.2) is 5.78 Å². The Kier molecular flexibility index (Phi) is 3.05. The number of hydrogen-bond acceptors (Lipinski definition) is 1. The molecular weight excluding hydrogens is 256 g/mol. The summed E-state index contributed by atoms with van der Waals surface area (Å²) in [7, 11) is 0. The van der Waals surface area contributed by atoms with Gasteiger partial charge in [0.2, 0.25) is 0 Å². The molecule has 1 aliphatic carbocycles. The molecule has 0 heterocycles. The van der Waals surface area contributed by atoms with E-state index < -0.39 is 0 Å². The van der Waals surface area contributed by atoms with Crippen LogP contribution in [0.4, 0.5) is 0 Å². The summed E-state index contributed by atoms with van der Waals surface area (Å²) in [6.45, 7) is 9.06. The molecule has 1 heteroatoms. The lowest BCUT2D eigenvalue weighted by Crippen LogP contribution is -2.45. The van der Waals surface area contributed by atoms with Crippen molar-refractivity contribution in [1.82, 2.24) is 0 Å². The maximum absolute atomic E-state index is 12.8. The maximum atomic E-state index is 12.8. The average Bonchev–Trinajstić information content (AvgIpc) is 2.47. The molecule has 0 atom stereocenters. The van der Waals surface area contributed by atoms with E-state index in [1.807, 2.05) is 24.3 Å². The highest BCUT2D eigenvalue weighted by Crippen LogP contribution is 2.53. The zero-order valence-corrected chi connectivity index (χ0v) is 13.2. The highest BCUT2D eigenvalue weighted by molar-refractivity contribution is 6.13. The molecule has 0 saturated carbocycles. The van der Waals surface area contributed by atoms with E-state index in [-0.39, 0.29) is 16.6 Å². The summed E-state index contributed by atoms with van der Waals surface area (Å²) < 4.78 is 0. The van der Waals surface area contributed by atoms with E-state index >= 15 is 0 Å². The minimum atomic E-state index is -0.117. The quantitative estimate of drug-likeness (QED) is 0.719. The number of hydrogen-bond donors (Lipinski definition) is 0. The van der Waals surface area contributed by atoms with Gasteiger partial charge in [0.25, 0.3) is 0 Å². The summed E-state index contributed by atoms with van der Waals surface area (Å²) in [5, 5.41) is 0. The van der Waals surface area contributed by atoms with E-state index in [0.29, 0.717) is 0 Å². The van der Waals surface area contributed by atoms with Crippen molar-refractivity contribution in [2.75, 3.05) is 0 Å². The number of ketones is 1. The van der Waals surface area contributed by atoms with Crippen LogP contribution in [-0.4, -0.2) is 5.78 Å². The second-order valence-electron chi connectivity index (χ2n) is 6.93. The van der Waals surface area contributed by atoms with Gasteiger partial charge >= 0.3 is 0 Å². The minimum Gasteiger partial charge on any atom is -0.289 e. The van der Waals surface area contributed by atoms with Crippen molar-refractivity contribution in [3.8, 4) is 0 Å². The Morgan fingerprint density at radius 2 is 1.29 bits per heavy atom. The topological polar surface area (TPSA) is 17.1 Å². The van der Waals surface area contributed by atoms with Gasteiger partial charge in [-0.15, -0.1) is 0 Å². The fraction of sp³-hybridized carbons (Fsp3) is 0.350. The van der Waals surface area contributed by atoms with Gasteiger partial charge in [-0.25, -0.2) is 0 Å². The van der Waals surface area contributed by atoms with Crippen molar-refractivity contribution in [3.63, 3.8) is 0 Å². The third-order valence-electron chi connectivity index (χ3n) is 5.07. The summed E-state index contributed by atoms with van der Waals surface area (Å²) in [4.78, 5) is 12.8. The molecule has 0 saturated heterocycles. The number of rotatable bonds is 1. The van der Waals surface area contributed by atoms with Crippen molar-refractivity contribution < 1.29 is 4.79 Å². The van der Waals surface area contributed by atoms with E-state index in [9.17, 15) is 4.79 Å². The Balaban J connectivity index is 2.46. The van der Waals surface area contributed by atoms with Crippen LogP contribution in [0.25, 0.3) is 0 Å². The zero-order chi connectivity index (χ0) is 15.3. The molecule has 3 rings (SSSR count). The average molecular weight is 278 g/mol. The van der Waals surface area contributed by atoms with Crippen LogP contribution in [0.2, 0.25) is 0 Å². The fourth-order valence-electron chi connectivity index (χ4n) is 4.12. The molecule has 1 nitrogen and oxygen atoms in total. The summed E-state index contributed by atoms with van der Waals surface area (Å²) in [5.41, 5.74) is 4.02. The van der Waals surface area contributed by atoms with Gasteiger partial charge in [0, 0.05) is 16.5 Å². The SMILES string of the molecule is CCC1(C(C)(C)C)c2ccccc2C(=O)c2ccccc21. The summed E-state index contributed by atoms with van der Waals surface area (Å²) in [5.74, 6) is 0.162. The lowest BCUT2D eigenvalue weighted by Gasteiger charge is -2.49. The third-order valence-corrected chi connectivity index (χ3v) is 5.07. The molecule has 2 aromatic rings. The molecule has 0 radical (unpaired) electrons. The van der Waals surface area contributed by atoms with Crippen LogP contribution < -0.4 is 0 Å². The fourth-order valence-corrected chi connectivity index (χ4v) is 4.12. The van der Waals surface area contributed by atoms with Crippen molar-refractivity contribution in [3.05, 3.63) is 70.8 Å². The van der Waals surface area contributed by atoms with Gasteiger partial charge < -0.3 is 0 Å². The maximum Gasteiger partial charge on any atom is 0.193 e. The highest BCUT2D eigenvalue weighted by atomic mass is 16.1. The first kappa shape index (κ1) is 14.1. The Morgan fingerprint density at radius 3 is 1.67 bits per heavy atom. The second kappa shape index (κ2) is 4.56. The second-order valence-corrected chi connectivity index (χ2v) is 6.93. The van der Waals surface area contributed by atoms with E-state index in [0.717, 1.165) is 17.5 Å². The molecule has 0 fully saturated rings. The van der Waals surface area contributed by atoms with E-state index in [1.54, 1.807) is 0 Å². The Morgan fingerprint density at radius 1 is 0.857 bits per heavy atom. The first-order valence-electron chi connectivity index (χ1n) is 7.67. The van der Waals surface area contributed by atoms with Crippen molar-refractivity contribution in [2.45, 2.75) is 39.5 Å². The minimum absolute atomic E-state index is 0.0364. The molecule has 0 bridgehead atoms. The summed E-state index contributed by atoms with van der Waals surface area (Å²) in [6, 6.07) is 16.3. The number of fused-ring (bicyclic) bond motifs is 2. The summed E-state index contributed by atoms with van der Waals surface area (Å²) >= 11 is 0. The van der Waals surface area contributed by atoms with E-state index in [4.69, 9.17) is 0 Å². The smallest absolute Gasteiger partial charge is 0.193 e. The monoisotopic (exact) mass is 278 g/mol. The van der Waals surface area contributed by atoms with Crippen molar-refractivity contribution in [1.29, 1.82) is 0 Å². The predicted molar refractivity (Wildman–Crippen MR) is 86.8 cm³/mol. The molecule has 0 spiro atoms. The standard InChI is InChI=1S/C20H22O/c1-5-20(19(2,3)4)16-12-8-6-10-14(16)18(21)15-11-7-9-13-17(15)20/h6-13H,5H2,1-4H3. The normalized spacial score (nSPS) is 16.3. The zero-order valence-electron chi connectivity index (χ0n) is 13.2. The molecule has 0 amide bonds. The molecular formula is C20H22O. The highest BCUT2D eigenvalue weighted by Gasteiger charge is 2.49. The van der Waals surface area contributed by atoms with E-state index in [1.165, 1.54) is 11.1 Å². The lowest BCUT2D eigenvalue weighted by atomic mass is 9.53. The van der Waals surface area contributed by atoms with Gasteiger partial charge in [0.05, 0.1) is 0 Å². The first-order valence-corrected chi connectivity index (χ1v) is 7.67.